The Balaban J connectivity index is 2.32. The van der Waals surface area contributed by atoms with Gasteiger partial charge in [0.1, 0.15) is 23.4 Å². The van der Waals surface area contributed by atoms with Crippen LogP contribution in [0.5, 0.6) is 11.5 Å². The fourth-order valence-corrected chi connectivity index (χ4v) is 3.71. The maximum Gasteiger partial charge on any atom is 0.248 e. The first-order valence-corrected chi connectivity index (χ1v) is 9.80. The number of methoxy groups -OCH3 is 2. The van der Waals surface area contributed by atoms with Gasteiger partial charge < -0.3 is 14.8 Å². The fraction of sp³-hybridized carbons (Fsp3) is 0.278. The smallest absolute Gasteiger partial charge is 0.248 e. The second-order valence-electron chi connectivity index (χ2n) is 5.77. The van der Waals surface area contributed by atoms with Crippen molar-refractivity contribution in [1.82, 2.24) is 0 Å². The number of nitrogens with zero attached hydrogens (tertiary/aromatic N) is 1. The van der Waals surface area contributed by atoms with Crippen LogP contribution in [0.25, 0.3) is 0 Å². The van der Waals surface area contributed by atoms with Crippen LogP contribution in [-0.4, -0.2) is 40.8 Å². The van der Waals surface area contributed by atoms with Gasteiger partial charge in [0.2, 0.25) is 15.9 Å². The third-order valence-corrected chi connectivity index (χ3v) is 5.08. The molecule has 0 unspecified atom stereocenters. The number of anilines is 2. The minimum Gasteiger partial charge on any atom is -0.497 e. The molecule has 1 N–H and O–H groups in total. The van der Waals surface area contributed by atoms with E-state index in [1.807, 2.05) is 0 Å². The molecule has 0 saturated heterocycles. The normalized spacial score (nSPS) is 12.2. The van der Waals surface area contributed by atoms with E-state index in [9.17, 15) is 17.6 Å². The molecule has 7 nitrogen and oxygen atoms in total. The van der Waals surface area contributed by atoms with Gasteiger partial charge in [-0.25, -0.2) is 12.8 Å². The van der Waals surface area contributed by atoms with Gasteiger partial charge in [-0.05, 0) is 43.3 Å². The van der Waals surface area contributed by atoms with E-state index in [2.05, 4.69) is 5.32 Å². The Hall–Kier alpha value is -2.81. The van der Waals surface area contributed by atoms with Gasteiger partial charge in [-0.2, -0.15) is 0 Å². The van der Waals surface area contributed by atoms with Crippen LogP contribution in [0.4, 0.5) is 15.8 Å². The van der Waals surface area contributed by atoms with Crippen LogP contribution in [0.15, 0.2) is 42.5 Å². The van der Waals surface area contributed by atoms with Crippen LogP contribution in [0.2, 0.25) is 0 Å². The van der Waals surface area contributed by atoms with E-state index in [0.717, 1.165) is 22.7 Å². The molecule has 146 valence electrons. The number of sulfonamides is 1. The molecule has 1 amide bonds. The number of ether oxygens (including phenoxy) is 2. The SMILES string of the molecule is COc1ccc(NC(=O)[C@@H](C)N(c2ccc(F)cc2)S(C)(=O)=O)c(OC)c1. The molecule has 2 rings (SSSR count). The standard InChI is InChI=1S/C18H21FN2O5S/c1-12(21(27(4,23)24)14-7-5-13(19)6-8-14)18(22)20-16-10-9-15(25-2)11-17(16)26-3/h5-12H,1-4H3,(H,20,22)/t12-/m1/s1. The molecule has 0 saturated carbocycles. The molecule has 0 heterocycles. The van der Waals surface area contributed by atoms with E-state index in [0.29, 0.717) is 17.2 Å². The second-order valence-corrected chi connectivity index (χ2v) is 7.63. The quantitative estimate of drug-likeness (QED) is 0.778. The van der Waals surface area contributed by atoms with Gasteiger partial charge in [-0.15, -0.1) is 0 Å². The summed E-state index contributed by atoms with van der Waals surface area (Å²) in [5.74, 6) is -0.176. The monoisotopic (exact) mass is 396 g/mol. The molecule has 0 aromatic heterocycles. The van der Waals surface area contributed by atoms with Crippen molar-refractivity contribution in [3.8, 4) is 11.5 Å². The molecule has 0 spiro atoms. The van der Waals surface area contributed by atoms with Crippen molar-refractivity contribution in [2.45, 2.75) is 13.0 Å². The minimum atomic E-state index is -3.79. The molecule has 0 fully saturated rings. The molecule has 2 aromatic rings. The van der Waals surface area contributed by atoms with Crippen molar-refractivity contribution in [2.24, 2.45) is 0 Å². The minimum absolute atomic E-state index is 0.184. The van der Waals surface area contributed by atoms with Crippen LogP contribution in [0.3, 0.4) is 0 Å². The third kappa shape index (κ3) is 4.88. The number of hydrogen-bond acceptors (Lipinski definition) is 5. The molecule has 0 aliphatic heterocycles. The average Bonchev–Trinajstić information content (AvgIpc) is 2.62. The largest absolute Gasteiger partial charge is 0.497 e. The number of benzene rings is 2. The first-order valence-electron chi connectivity index (χ1n) is 7.95. The highest BCUT2D eigenvalue weighted by Gasteiger charge is 2.29. The van der Waals surface area contributed by atoms with Crippen molar-refractivity contribution in [1.29, 1.82) is 0 Å². The maximum absolute atomic E-state index is 13.2. The average molecular weight is 396 g/mol. The Labute approximate surface area is 157 Å². The van der Waals surface area contributed by atoms with E-state index in [4.69, 9.17) is 9.47 Å². The number of hydrogen-bond donors (Lipinski definition) is 1. The lowest BCUT2D eigenvalue weighted by atomic mass is 10.2. The molecule has 0 radical (unpaired) electrons. The first-order chi connectivity index (χ1) is 12.7. The van der Waals surface area contributed by atoms with Crippen molar-refractivity contribution >= 4 is 27.3 Å². The van der Waals surface area contributed by atoms with Crippen LogP contribution in [0, 0.1) is 5.82 Å². The topological polar surface area (TPSA) is 84.9 Å². The van der Waals surface area contributed by atoms with Crippen molar-refractivity contribution < 1.29 is 27.1 Å². The van der Waals surface area contributed by atoms with E-state index >= 15 is 0 Å². The second kappa shape index (κ2) is 8.26. The molecule has 2 aromatic carbocycles. The Morgan fingerprint density at radius 2 is 1.74 bits per heavy atom. The zero-order chi connectivity index (χ0) is 20.2. The number of amides is 1. The van der Waals surface area contributed by atoms with Crippen molar-refractivity contribution in [3.05, 3.63) is 48.3 Å². The number of halogens is 1. The van der Waals surface area contributed by atoms with Crippen LogP contribution < -0.4 is 19.1 Å². The van der Waals surface area contributed by atoms with E-state index in [-0.39, 0.29) is 5.69 Å². The summed E-state index contributed by atoms with van der Waals surface area (Å²) < 4.78 is 48.9. The summed E-state index contributed by atoms with van der Waals surface area (Å²) in [6.07, 6.45) is 0.980. The first kappa shape index (κ1) is 20.5. The predicted molar refractivity (Wildman–Crippen MR) is 101 cm³/mol. The Morgan fingerprint density at radius 3 is 2.26 bits per heavy atom. The van der Waals surface area contributed by atoms with E-state index < -0.39 is 27.8 Å². The summed E-state index contributed by atoms with van der Waals surface area (Å²) in [4.78, 5) is 12.7. The van der Waals surface area contributed by atoms with Gasteiger partial charge in [0.25, 0.3) is 0 Å². The number of carbonyl (C=O) groups is 1. The molecular weight excluding hydrogens is 375 g/mol. The van der Waals surface area contributed by atoms with Crippen LogP contribution in [0.1, 0.15) is 6.92 Å². The Bertz CT molecular complexity index is 916. The Morgan fingerprint density at radius 1 is 1.11 bits per heavy atom. The van der Waals surface area contributed by atoms with Crippen LogP contribution in [-0.2, 0) is 14.8 Å². The van der Waals surface area contributed by atoms with Gasteiger partial charge in [0.15, 0.2) is 0 Å². The third-order valence-electron chi connectivity index (χ3n) is 3.84. The maximum atomic E-state index is 13.2. The number of carbonyl (C=O) groups excluding carboxylic acids is 1. The Kier molecular flexibility index (Phi) is 6.27. The summed E-state index contributed by atoms with van der Waals surface area (Å²) in [5.41, 5.74) is 0.547. The molecule has 0 bridgehead atoms. The molecular formula is C18H21FN2O5S. The number of rotatable bonds is 7. The van der Waals surface area contributed by atoms with Gasteiger partial charge in [-0.1, -0.05) is 0 Å². The molecule has 0 aliphatic rings. The van der Waals surface area contributed by atoms with E-state index in [1.165, 1.54) is 33.3 Å². The van der Waals surface area contributed by atoms with Crippen molar-refractivity contribution in [2.75, 3.05) is 30.1 Å². The summed E-state index contributed by atoms with van der Waals surface area (Å²) in [6.45, 7) is 1.44. The lowest BCUT2D eigenvalue weighted by Gasteiger charge is -2.28. The van der Waals surface area contributed by atoms with E-state index in [1.54, 1.807) is 18.2 Å². The highest BCUT2D eigenvalue weighted by molar-refractivity contribution is 7.92. The summed E-state index contributed by atoms with van der Waals surface area (Å²) in [5, 5.41) is 2.65. The van der Waals surface area contributed by atoms with Gasteiger partial charge >= 0.3 is 0 Å². The molecule has 0 aliphatic carbocycles. The highest BCUT2D eigenvalue weighted by Crippen LogP contribution is 2.30. The van der Waals surface area contributed by atoms with Gasteiger partial charge in [-0.3, -0.25) is 9.10 Å². The zero-order valence-electron chi connectivity index (χ0n) is 15.4. The molecule has 27 heavy (non-hydrogen) atoms. The zero-order valence-corrected chi connectivity index (χ0v) is 16.2. The lowest BCUT2D eigenvalue weighted by molar-refractivity contribution is -0.116. The van der Waals surface area contributed by atoms with Gasteiger partial charge in [0, 0.05) is 6.07 Å². The summed E-state index contributed by atoms with van der Waals surface area (Å²) in [6, 6.07) is 8.59. The lowest BCUT2D eigenvalue weighted by Crippen LogP contribution is -2.45. The fourth-order valence-electron chi connectivity index (χ4n) is 2.54. The van der Waals surface area contributed by atoms with Gasteiger partial charge in [0.05, 0.1) is 31.9 Å². The summed E-state index contributed by atoms with van der Waals surface area (Å²) in [7, 11) is -0.853. The van der Waals surface area contributed by atoms with Crippen molar-refractivity contribution in [3.63, 3.8) is 0 Å². The van der Waals surface area contributed by atoms with Crippen LogP contribution >= 0.6 is 0 Å². The summed E-state index contributed by atoms with van der Waals surface area (Å²) >= 11 is 0. The number of nitrogens with one attached hydrogen (secondary N) is 1. The molecule has 1 atom stereocenters. The highest BCUT2D eigenvalue weighted by atomic mass is 32.2. The predicted octanol–water partition coefficient (Wildman–Crippen LogP) is 2.64. The molecule has 9 heteroatoms.